The van der Waals surface area contributed by atoms with Crippen LogP contribution < -0.4 is 14.5 Å². The zero-order chi connectivity index (χ0) is 36.3. The minimum absolute atomic E-state index is 0.00809. The molecule has 4 amide bonds. The lowest BCUT2D eigenvalue weighted by Crippen LogP contribution is -2.54. The summed E-state index contributed by atoms with van der Waals surface area (Å²) in [5.41, 5.74) is 2.91. The molecule has 4 aromatic carbocycles. The van der Waals surface area contributed by atoms with Crippen molar-refractivity contribution in [2.45, 2.75) is 31.6 Å². The molecule has 0 bridgehead atoms. The second kappa shape index (κ2) is 12.9. The number of amides is 4. The number of nitrogens with zero attached hydrogens (tertiary/aromatic N) is 2. The number of phenolic OH excluding ortho intramolecular Hbond substituents is 1. The maximum atomic E-state index is 15.3. The van der Waals surface area contributed by atoms with Crippen molar-refractivity contribution in [3.63, 3.8) is 0 Å². The monoisotopic (exact) mass is 712 g/mol. The molecule has 6 unspecified atom stereocenters. The molecule has 0 spiro atoms. The van der Waals surface area contributed by atoms with Gasteiger partial charge in [0.2, 0.25) is 23.6 Å². The van der Waals surface area contributed by atoms with E-state index >= 15 is 4.79 Å². The van der Waals surface area contributed by atoms with Crippen molar-refractivity contribution in [2.24, 2.45) is 29.6 Å². The molecule has 262 valence electrons. The van der Waals surface area contributed by atoms with Crippen LogP contribution in [0.25, 0.3) is 6.08 Å². The van der Waals surface area contributed by atoms with Crippen LogP contribution in [0.4, 0.5) is 11.4 Å². The zero-order valence-electron chi connectivity index (χ0n) is 28.7. The molecule has 0 radical (unpaired) electrons. The fourth-order valence-electron chi connectivity index (χ4n) is 9.13. The summed E-state index contributed by atoms with van der Waals surface area (Å²) in [6.07, 6.45) is 7.22. The van der Waals surface area contributed by atoms with Crippen molar-refractivity contribution in [1.82, 2.24) is 0 Å². The van der Waals surface area contributed by atoms with Crippen molar-refractivity contribution in [3.05, 3.63) is 137 Å². The van der Waals surface area contributed by atoms with Gasteiger partial charge in [-0.05, 0) is 84.3 Å². The van der Waals surface area contributed by atoms with Crippen LogP contribution in [0.3, 0.4) is 0 Å². The molecule has 2 aliphatic heterocycles. The largest absolute Gasteiger partial charge is 0.504 e. The smallest absolute Gasteiger partial charge is 0.246 e. The number of anilines is 2. The number of phenols is 1. The molecule has 4 aliphatic rings. The minimum atomic E-state index is -1.37. The summed E-state index contributed by atoms with van der Waals surface area (Å²) in [4.78, 5) is 61.3. The van der Waals surface area contributed by atoms with Gasteiger partial charge < -0.3 is 9.84 Å². The van der Waals surface area contributed by atoms with Crippen molar-refractivity contribution >= 4 is 52.7 Å². The molecule has 8 nitrogen and oxygen atoms in total. The summed E-state index contributed by atoms with van der Waals surface area (Å²) >= 11 is 6.40. The number of hydrogen-bond acceptors (Lipinski definition) is 6. The van der Waals surface area contributed by atoms with Crippen molar-refractivity contribution in [2.75, 3.05) is 16.9 Å². The number of hydrogen-bond donors (Lipinski definition) is 1. The number of methoxy groups -OCH3 is 1. The van der Waals surface area contributed by atoms with Gasteiger partial charge >= 0.3 is 0 Å². The van der Waals surface area contributed by atoms with Gasteiger partial charge in [-0.25, -0.2) is 4.90 Å². The van der Waals surface area contributed by atoms with Gasteiger partial charge in [0.25, 0.3) is 0 Å². The van der Waals surface area contributed by atoms with E-state index in [1.54, 1.807) is 36.4 Å². The molecule has 4 aromatic rings. The van der Waals surface area contributed by atoms with Crippen LogP contribution in [0.1, 0.15) is 36.5 Å². The van der Waals surface area contributed by atoms with E-state index in [9.17, 15) is 19.5 Å². The second-order valence-electron chi connectivity index (χ2n) is 14.0. The second-order valence-corrected chi connectivity index (χ2v) is 14.4. The van der Waals surface area contributed by atoms with E-state index in [0.717, 1.165) is 17.6 Å². The molecule has 2 heterocycles. The van der Waals surface area contributed by atoms with Crippen molar-refractivity contribution in [1.29, 1.82) is 0 Å². The average Bonchev–Trinajstić information content (AvgIpc) is 3.55. The molecular formula is C43H37ClN2O6. The Kier molecular flexibility index (Phi) is 8.38. The third-order valence-corrected chi connectivity index (χ3v) is 11.8. The highest BCUT2D eigenvalue weighted by Gasteiger charge is 2.69. The molecule has 52 heavy (non-hydrogen) atoms. The van der Waals surface area contributed by atoms with Gasteiger partial charge in [0.1, 0.15) is 0 Å². The topological polar surface area (TPSA) is 104 Å². The van der Waals surface area contributed by atoms with Gasteiger partial charge in [-0.3, -0.25) is 24.1 Å². The third-order valence-electron chi connectivity index (χ3n) is 11.5. The van der Waals surface area contributed by atoms with Crippen LogP contribution in [0, 0.1) is 29.6 Å². The number of benzene rings is 4. The Balaban J connectivity index is 1.31. The Morgan fingerprint density at radius 3 is 2.33 bits per heavy atom. The van der Waals surface area contributed by atoms with E-state index < -0.39 is 35.0 Å². The summed E-state index contributed by atoms with van der Waals surface area (Å²) in [5, 5.41) is 10.7. The minimum Gasteiger partial charge on any atom is -0.504 e. The van der Waals surface area contributed by atoms with Crippen LogP contribution in [-0.2, 0) is 31.0 Å². The highest BCUT2D eigenvalue weighted by Crippen LogP contribution is 2.62. The lowest BCUT2D eigenvalue weighted by molar-refractivity contribution is -0.128. The molecule has 6 atom stereocenters. The SMILES string of the molecule is CCc1ccc(N2C(=O)C3CC=C4C(CC5C(=O)N(c6cccc(Cl)c6)C(=O)C5(c5ccccc5)C4C=Cc4ccc(O)c(OC)c4)C3C2=O)cc1. The standard InChI is InChI=1S/C43H37ClN2O6/c1-3-25-12-16-29(17-13-25)45-39(48)32-19-18-31-33(38(32)41(45)50)24-35-40(49)46(30-11-7-10-28(44)23-30)42(51)43(35,27-8-5-4-6-9-27)34(31)20-14-26-15-21-36(47)37(22-26)52-2/h4-18,20-23,32-35,38,47H,3,19,24H2,1-2H3. The molecule has 1 N–H and O–H groups in total. The van der Waals surface area contributed by atoms with E-state index in [2.05, 4.69) is 0 Å². The Morgan fingerprint density at radius 2 is 1.62 bits per heavy atom. The summed E-state index contributed by atoms with van der Waals surface area (Å²) in [6.45, 7) is 2.05. The van der Waals surface area contributed by atoms with E-state index in [4.69, 9.17) is 16.3 Å². The van der Waals surface area contributed by atoms with Gasteiger partial charge in [0, 0.05) is 10.9 Å². The van der Waals surface area contributed by atoms with Gasteiger partial charge in [-0.2, -0.15) is 0 Å². The van der Waals surface area contributed by atoms with E-state index in [-0.39, 0.29) is 35.8 Å². The number of aryl methyl sites for hydroxylation is 1. The van der Waals surface area contributed by atoms with Crippen molar-refractivity contribution in [3.8, 4) is 11.5 Å². The number of allylic oxidation sites excluding steroid dienone is 3. The molecule has 2 saturated heterocycles. The Hall–Kier alpha value is -5.47. The van der Waals surface area contributed by atoms with E-state index in [1.807, 2.05) is 79.7 Å². The fraction of sp³-hybridized carbons (Fsp3) is 0.256. The average molecular weight is 713 g/mol. The summed E-state index contributed by atoms with van der Waals surface area (Å²) in [6, 6.07) is 28.6. The molecule has 9 heteroatoms. The normalized spacial score (nSPS) is 26.8. The van der Waals surface area contributed by atoms with Crippen LogP contribution in [-0.4, -0.2) is 35.8 Å². The number of halogens is 1. The molecule has 3 fully saturated rings. The predicted octanol–water partition coefficient (Wildman–Crippen LogP) is 7.53. The highest BCUT2D eigenvalue weighted by atomic mass is 35.5. The van der Waals surface area contributed by atoms with Crippen molar-refractivity contribution < 1.29 is 29.0 Å². The number of ether oxygens (including phenoxy) is 1. The summed E-state index contributed by atoms with van der Waals surface area (Å²) < 4.78 is 5.37. The zero-order valence-corrected chi connectivity index (χ0v) is 29.5. The van der Waals surface area contributed by atoms with E-state index in [0.29, 0.717) is 39.7 Å². The highest BCUT2D eigenvalue weighted by molar-refractivity contribution is 6.32. The van der Waals surface area contributed by atoms with Gasteiger partial charge in [0.05, 0.1) is 41.7 Å². The van der Waals surface area contributed by atoms with Gasteiger partial charge in [-0.1, -0.05) is 96.9 Å². The summed E-state index contributed by atoms with van der Waals surface area (Å²) in [7, 11) is 1.47. The lowest BCUT2D eigenvalue weighted by atomic mass is 9.50. The number of rotatable bonds is 7. The Labute approximate surface area is 307 Å². The molecular weight excluding hydrogens is 676 g/mol. The Bertz CT molecular complexity index is 2180. The first-order valence-corrected chi connectivity index (χ1v) is 18.0. The number of carbonyl (C=O) groups excluding carboxylic acids is 4. The van der Waals surface area contributed by atoms with Gasteiger partial charge in [-0.15, -0.1) is 0 Å². The lowest BCUT2D eigenvalue weighted by Gasteiger charge is -2.49. The molecule has 8 rings (SSSR count). The van der Waals surface area contributed by atoms with Gasteiger partial charge in [0.15, 0.2) is 11.5 Å². The quantitative estimate of drug-likeness (QED) is 0.157. The Morgan fingerprint density at radius 1 is 0.846 bits per heavy atom. The van der Waals surface area contributed by atoms with Crippen LogP contribution in [0.5, 0.6) is 11.5 Å². The maximum Gasteiger partial charge on any atom is 0.246 e. The first kappa shape index (κ1) is 33.7. The first-order chi connectivity index (χ1) is 25.2. The molecule has 1 saturated carbocycles. The number of carbonyl (C=O) groups is 4. The summed E-state index contributed by atoms with van der Waals surface area (Å²) in [5.74, 6) is -4.26. The maximum absolute atomic E-state index is 15.3. The number of imide groups is 2. The van der Waals surface area contributed by atoms with Crippen LogP contribution in [0.15, 0.2) is 115 Å². The number of aromatic hydroxyl groups is 1. The predicted molar refractivity (Wildman–Crippen MR) is 199 cm³/mol. The molecule has 2 aliphatic carbocycles. The first-order valence-electron chi connectivity index (χ1n) is 17.6. The molecule has 0 aromatic heterocycles. The number of fused-ring (bicyclic) bond motifs is 4. The van der Waals surface area contributed by atoms with Crippen LogP contribution in [0.2, 0.25) is 5.02 Å². The van der Waals surface area contributed by atoms with Crippen LogP contribution >= 0.6 is 11.6 Å². The fourth-order valence-corrected chi connectivity index (χ4v) is 9.31. The van der Waals surface area contributed by atoms with E-state index in [1.165, 1.54) is 23.0 Å². The third kappa shape index (κ3) is 5.03.